The maximum Gasteiger partial charge on any atom is 0.156 e. The molecule has 88 valence electrons. The molecule has 0 heterocycles. The van der Waals surface area contributed by atoms with Gasteiger partial charge in [-0.1, -0.05) is 36.9 Å². The largest absolute Gasteiger partial charge is 0.295 e. The van der Waals surface area contributed by atoms with E-state index in [0.29, 0.717) is 17.6 Å². The molecule has 0 saturated carbocycles. The van der Waals surface area contributed by atoms with E-state index in [4.69, 9.17) is 0 Å². The van der Waals surface area contributed by atoms with Crippen molar-refractivity contribution in [2.24, 2.45) is 0 Å². The summed E-state index contributed by atoms with van der Waals surface area (Å²) in [6.07, 6.45) is 2.12. The maximum atomic E-state index is 11.5. The van der Waals surface area contributed by atoms with Gasteiger partial charge in [-0.2, -0.15) is 0 Å². The molecule has 0 radical (unpaired) electrons. The molecular weight excluding hydrogens is 212 g/mol. The highest BCUT2D eigenvalue weighted by Gasteiger charge is 2.09. The lowest BCUT2D eigenvalue weighted by atomic mass is 9.99. The smallest absolute Gasteiger partial charge is 0.156 e. The predicted octanol–water partition coefficient (Wildman–Crippen LogP) is 3.19. The van der Waals surface area contributed by atoms with Crippen molar-refractivity contribution in [3.8, 4) is 0 Å². The minimum absolute atomic E-state index is 0.0312. The van der Waals surface area contributed by atoms with Crippen LogP contribution < -0.4 is 0 Å². The second-order valence-electron chi connectivity index (χ2n) is 3.97. The summed E-state index contributed by atoms with van der Waals surface area (Å²) in [7, 11) is 0. The predicted molar refractivity (Wildman–Crippen MR) is 69.5 cm³/mol. The average Bonchev–Trinajstić information content (AvgIpc) is 2.29. The lowest BCUT2D eigenvalue weighted by molar-refractivity contribution is -0.113. The second-order valence-corrected chi connectivity index (χ2v) is 3.97. The number of hydrogen-bond acceptors (Lipinski definition) is 2. The third-order valence-electron chi connectivity index (χ3n) is 2.49. The Morgan fingerprint density at radius 3 is 2.18 bits per heavy atom. The van der Waals surface area contributed by atoms with Crippen LogP contribution in [-0.2, 0) is 9.59 Å². The third-order valence-corrected chi connectivity index (χ3v) is 2.49. The minimum atomic E-state index is -0.0785. The van der Waals surface area contributed by atoms with Gasteiger partial charge in [0.15, 0.2) is 11.6 Å². The van der Waals surface area contributed by atoms with Crippen molar-refractivity contribution in [2.45, 2.75) is 20.3 Å². The quantitative estimate of drug-likeness (QED) is 0.725. The zero-order chi connectivity index (χ0) is 12.8. The Morgan fingerprint density at radius 1 is 1.12 bits per heavy atom. The van der Waals surface area contributed by atoms with Gasteiger partial charge < -0.3 is 0 Å². The summed E-state index contributed by atoms with van der Waals surface area (Å²) in [4.78, 5) is 22.6. The van der Waals surface area contributed by atoms with Crippen LogP contribution in [0.15, 0.2) is 48.1 Å². The summed E-state index contributed by atoms with van der Waals surface area (Å²) in [5.74, 6) is -0.110. The van der Waals surface area contributed by atoms with Crippen molar-refractivity contribution >= 4 is 17.6 Å². The molecule has 0 aliphatic carbocycles. The van der Waals surface area contributed by atoms with E-state index in [0.717, 1.165) is 5.56 Å². The van der Waals surface area contributed by atoms with Gasteiger partial charge in [0.2, 0.25) is 0 Å². The van der Waals surface area contributed by atoms with Crippen molar-refractivity contribution < 1.29 is 9.59 Å². The monoisotopic (exact) mass is 228 g/mol. The van der Waals surface area contributed by atoms with Crippen molar-refractivity contribution in [3.63, 3.8) is 0 Å². The lowest BCUT2D eigenvalue weighted by Crippen LogP contribution is -2.02. The Labute approximate surface area is 102 Å². The van der Waals surface area contributed by atoms with Gasteiger partial charge in [0.1, 0.15) is 0 Å². The van der Waals surface area contributed by atoms with Gasteiger partial charge in [0.25, 0.3) is 0 Å². The molecule has 2 heteroatoms. The van der Waals surface area contributed by atoms with Gasteiger partial charge in [0.05, 0.1) is 0 Å². The standard InChI is InChI=1S/C15H16O2/c1-11(12(2)16)9-15(13(3)17)10-14-7-5-4-6-8-14/h4-8,10H,1,9H2,2-3H3/b15-10+. The summed E-state index contributed by atoms with van der Waals surface area (Å²) < 4.78 is 0. The molecule has 1 aromatic carbocycles. The number of hydrogen-bond donors (Lipinski definition) is 0. The second kappa shape index (κ2) is 5.94. The summed E-state index contributed by atoms with van der Waals surface area (Å²) in [6.45, 7) is 6.64. The van der Waals surface area contributed by atoms with E-state index in [-0.39, 0.29) is 11.6 Å². The molecule has 0 aromatic heterocycles. The van der Waals surface area contributed by atoms with Crippen molar-refractivity contribution in [1.29, 1.82) is 0 Å². The van der Waals surface area contributed by atoms with Crippen LogP contribution in [0, 0.1) is 0 Å². The first-order chi connectivity index (χ1) is 8.00. The molecule has 0 bridgehead atoms. The van der Waals surface area contributed by atoms with Crippen LogP contribution in [0.4, 0.5) is 0 Å². The summed E-state index contributed by atoms with van der Waals surface area (Å²) >= 11 is 0. The Bertz CT molecular complexity index is 467. The van der Waals surface area contributed by atoms with Crippen LogP contribution in [-0.4, -0.2) is 11.6 Å². The molecular formula is C15H16O2. The first-order valence-electron chi connectivity index (χ1n) is 5.46. The zero-order valence-corrected chi connectivity index (χ0v) is 10.2. The number of allylic oxidation sites excluding steroid dienone is 2. The van der Waals surface area contributed by atoms with Crippen LogP contribution in [0.3, 0.4) is 0 Å². The Balaban J connectivity index is 2.95. The van der Waals surface area contributed by atoms with E-state index >= 15 is 0 Å². The highest BCUT2D eigenvalue weighted by atomic mass is 16.1. The number of benzene rings is 1. The van der Waals surface area contributed by atoms with Gasteiger partial charge in [-0.15, -0.1) is 0 Å². The van der Waals surface area contributed by atoms with Crippen LogP contribution in [0.25, 0.3) is 6.08 Å². The van der Waals surface area contributed by atoms with Crippen molar-refractivity contribution in [1.82, 2.24) is 0 Å². The fourth-order valence-electron chi connectivity index (χ4n) is 1.38. The Kier molecular flexibility index (Phi) is 4.58. The molecule has 0 atom stereocenters. The molecule has 0 amide bonds. The number of carbonyl (C=O) groups excluding carboxylic acids is 2. The fourth-order valence-corrected chi connectivity index (χ4v) is 1.38. The number of carbonyl (C=O) groups is 2. The van der Waals surface area contributed by atoms with E-state index < -0.39 is 0 Å². The highest BCUT2D eigenvalue weighted by Crippen LogP contribution is 2.15. The van der Waals surface area contributed by atoms with E-state index in [1.54, 1.807) is 6.08 Å². The van der Waals surface area contributed by atoms with Gasteiger partial charge in [0, 0.05) is 6.42 Å². The molecule has 0 aliphatic rings. The molecule has 0 unspecified atom stereocenters. The number of Topliss-reactive ketones (excluding diaryl/α,β-unsaturated/α-hetero) is 2. The topological polar surface area (TPSA) is 34.1 Å². The van der Waals surface area contributed by atoms with Crippen molar-refractivity contribution in [2.75, 3.05) is 0 Å². The maximum absolute atomic E-state index is 11.5. The fraction of sp³-hybridized carbons (Fsp3) is 0.200. The van der Waals surface area contributed by atoms with Gasteiger partial charge in [-0.25, -0.2) is 0 Å². The van der Waals surface area contributed by atoms with Crippen molar-refractivity contribution in [3.05, 3.63) is 53.6 Å². The molecule has 0 N–H and O–H groups in total. The molecule has 0 spiro atoms. The zero-order valence-electron chi connectivity index (χ0n) is 10.2. The highest BCUT2D eigenvalue weighted by molar-refractivity contribution is 6.01. The third kappa shape index (κ3) is 4.19. The molecule has 2 nitrogen and oxygen atoms in total. The van der Waals surface area contributed by atoms with E-state index in [2.05, 4.69) is 6.58 Å². The molecule has 1 aromatic rings. The lowest BCUT2D eigenvalue weighted by Gasteiger charge is -2.04. The molecule has 0 saturated heterocycles. The average molecular weight is 228 g/mol. The molecule has 17 heavy (non-hydrogen) atoms. The summed E-state index contributed by atoms with van der Waals surface area (Å²) in [5, 5.41) is 0. The number of rotatable bonds is 5. The van der Waals surface area contributed by atoms with E-state index in [1.165, 1.54) is 13.8 Å². The normalized spacial score (nSPS) is 11.1. The first-order valence-corrected chi connectivity index (χ1v) is 5.46. The molecule has 1 rings (SSSR count). The minimum Gasteiger partial charge on any atom is -0.295 e. The van der Waals surface area contributed by atoms with Gasteiger partial charge >= 0.3 is 0 Å². The molecule has 0 aliphatic heterocycles. The van der Waals surface area contributed by atoms with Gasteiger partial charge in [-0.3, -0.25) is 9.59 Å². The van der Waals surface area contributed by atoms with Crippen LogP contribution in [0.1, 0.15) is 25.8 Å². The summed E-state index contributed by atoms with van der Waals surface area (Å²) in [5.41, 5.74) is 2.02. The van der Waals surface area contributed by atoms with E-state index in [1.807, 2.05) is 30.3 Å². The molecule has 0 fully saturated rings. The Morgan fingerprint density at radius 2 is 1.71 bits per heavy atom. The van der Waals surface area contributed by atoms with Crippen LogP contribution in [0.2, 0.25) is 0 Å². The SMILES string of the molecule is C=C(C/C(=C\c1ccccc1)C(C)=O)C(C)=O. The van der Waals surface area contributed by atoms with Gasteiger partial charge in [-0.05, 0) is 36.6 Å². The number of ketones is 2. The van der Waals surface area contributed by atoms with Crippen LogP contribution >= 0.6 is 0 Å². The van der Waals surface area contributed by atoms with Crippen LogP contribution in [0.5, 0.6) is 0 Å². The summed E-state index contributed by atoms with van der Waals surface area (Å²) in [6, 6.07) is 9.56. The first kappa shape index (κ1) is 13.1. The van der Waals surface area contributed by atoms with E-state index in [9.17, 15) is 9.59 Å². The Hall–Kier alpha value is -1.96.